The van der Waals surface area contributed by atoms with Crippen LogP contribution in [0.4, 0.5) is 0 Å². The lowest BCUT2D eigenvalue weighted by atomic mass is 9.98. The van der Waals surface area contributed by atoms with Gasteiger partial charge in [-0.2, -0.15) is 0 Å². The molecule has 152 valence electrons. The Balaban J connectivity index is 2.20. The molecule has 0 spiro atoms. The van der Waals surface area contributed by atoms with E-state index in [1.807, 2.05) is 0 Å². The average molecular weight is 384 g/mol. The van der Waals surface area contributed by atoms with Crippen LogP contribution in [0.3, 0.4) is 0 Å². The summed E-state index contributed by atoms with van der Waals surface area (Å²) >= 11 is 0. The van der Waals surface area contributed by atoms with E-state index in [9.17, 15) is 30.3 Å². The number of ether oxygens (including phenoxy) is 6. The van der Waals surface area contributed by atoms with Gasteiger partial charge in [-0.15, -0.1) is 0 Å². The molecule has 2 aliphatic heterocycles. The molecule has 26 heavy (non-hydrogen) atoms. The maximum absolute atomic E-state index is 11.9. The van der Waals surface area contributed by atoms with Crippen molar-refractivity contribution in [3.05, 3.63) is 0 Å². The van der Waals surface area contributed by atoms with Crippen molar-refractivity contribution >= 4 is 5.97 Å². The van der Waals surface area contributed by atoms with Crippen molar-refractivity contribution in [2.24, 2.45) is 0 Å². The summed E-state index contributed by atoms with van der Waals surface area (Å²) in [6.45, 7) is 0. The second kappa shape index (κ2) is 8.84. The number of aliphatic hydroxyl groups is 5. The van der Waals surface area contributed by atoms with Gasteiger partial charge in [0.1, 0.15) is 36.6 Å². The standard InChI is InChI=1S/C14H24O12/c1-21-9-5(16)7(18)13(26-14(9)23-3)25-8-4(15)6(17)11(19)24-10(8)12(20)22-2/h4-11,13-19H,1-3H3/t4-,5?,6-,7?,8?,9-,10?,11+,13?,14+/m0/s1. The minimum absolute atomic E-state index is 0.996. The molecule has 10 atom stereocenters. The smallest absolute Gasteiger partial charge is 0.337 e. The van der Waals surface area contributed by atoms with E-state index in [0.717, 1.165) is 7.11 Å². The fraction of sp³-hybridized carbons (Fsp3) is 0.929. The molecule has 0 aliphatic carbocycles. The third-order valence-electron chi connectivity index (χ3n) is 4.29. The molecule has 0 aromatic heterocycles. The van der Waals surface area contributed by atoms with E-state index in [1.165, 1.54) is 14.2 Å². The molecular formula is C14H24O12. The average Bonchev–Trinajstić information content (AvgIpc) is 2.64. The van der Waals surface area contributed by atoms with E-state index < -0.39 is 67.6 Å². The zero-order valence-corrected chi connectivity index (χ0v) is 14.4. The quantitative estimate of drug-likeness (QED) is 0.292. The molecule has 0 bridgehead atoms. The van der Waals surface area contributed by atoms with Crippen LogP contribution in [-0.2, 0) is 33.2 Å². The first kappa shape index (κ1) is 21.4. The molecule has 2 aliphatic rings. The van der Waals surface area contributed by atoms with E-state index in [1.54, 1.807) is 0 Å². The fourth-order valence-corrected chi connectivity index (χ4v) is 2.82. The Morgan fingerprint density at radius 3 is 1.92 bits per heavy atom. The molecule has 0 amide bonds. The lowest BCUT2D eigenvalue weighted by molar-refractivity contribution is -0.377. The number of carbonyl (C=O) groups excluding carboxylic acids is 1. The van der Waals surface area contributed by atoms with Crippen LogP contribution < -0.4 is 0 Å². The molecule has 0 aromatic carbocycles. The predicted octanol–water partition coefficient (Wildman–Crippen LogP) is -3.95. The Hall–Kier alpha value is -0.930. The molecule has 0 radical (unpaired) electrons. The zero-order chi connectivity index (χ0) is 19.6. The van der Waals surface area contributed by atoms with Gasteiger partial charge in [-0.05, 0) is 0 Å². The first-order valence-electron chi connectivity index (χ1n) is 7.76. The summed E-state index contributed by atoms with van der Waals surface area (Å²) in [7, 11) is 3.60. The predicted molar refractivity (Wildman–Crippen MR) is 78.3 cm³/mol. The van der Waals surface area contributed by atoms with Gasteiger partial charge in [0.05, 0.1) is 7.11 Å². The van der Waals surface area contributed by atoms with Gasteiger partial charge in [0.15, 0.2) is 25.0 Å². The minimum Gasteiger partial charge on any atom is -0.467 e. The lowest BCUT2D eigenvalue weighted by Gasteiger charge is -2.45. The van der Waals surface area contributed by atoms with Crippen LogP contribution >= 0.6 is 0 Å². The van der Waals surface area contributed by atoms with Gasteiger partial charge in [0, 0.05) is 14.2 Å². The van der Waals surface area contributed by atoms with Crippen LogP contribution in [0.1, 0.15) is 0 Å². The van der Waals surface area contributed by atoms with Crippen molar-refractivity contribution in [1.29, 1.82) is 0 Å². The molecule has 12 nitrogen and oxygen atoms in total. The van der Waals surface area contributed by atoms with Crippen LogP contribution in [-0.4, -0.2) is 114 Å². The van der Waals surface area contributed by atoms with Crippen LogP contribution in [0, 0.1) is 0 Å². The van der Waals surface area contributed by atoms with Gasteiger partial charge in [0.25, 0.3) is 0 Å². The van der Waals surface area contributed by atoms with Crippen molar-refractivity contribution in [2.75, 3.05) is 21.3 Å². The second-order valence-corrected chi connectivity index (χ2v) is 5.84. The Morgan fingerprint density at radius 2 is 1.38 bits per heavy atom. The molecule has 2 rings (SSSR count). The Labute approximate surface area is 148 Å². The molecule has 2 fully saturated rings. The summed E-state index contributed by atoms with van der Waals surface area (Å²) in [6.07, 6.45) is -15.5. The number of carbonyl (C=O) groups is 1. The zero-order valence-electron chi connectivity index (χ0n) is 14.4. The summed E-state index contributed by atoms with van der Waals surface area (Å²) in [5, 5.41) is 49.8. The monoisotopic (exact) mass is 384 g/mol. The van der Waals surface area contributed by atoms with E-state index >= 15 is 0 Å². The number of hydrogen-bond donors (Lipinski definition) is 5. The van der Waals surface area contributed by atoms with E-state index in [2.05, 4.69) is 4.74 Å². The number of aliphatic hydroxyl groups excluding tert-OH is 5. The van der Waals surface area contributed by atoms with Gasteiger partial charge < -0.3 is 54.0 Å². The number of rotatable bonds is 5. The molecule has 5 N–H and O–H groups in total. The van der Waals surface area contributed by atoms with Crippen LogP contribution in [0.15, 0.2) is 0 Å². The summed E-state index contributed by atoms with van der Waals surface area (Å²) in [5.74, 6) is -0.996. The topological polar surface area (TPSA) is 174 Å². The first-order chi connectivity index (χ1) is 12.3. The highest BCUT2D eigenvalue weighted by Gasteiger charge is 2.53. The van der Waals surface area contributed by atoms with Crippen LogP contribution in [0.2, 0.25) is 0 Å². The molecular weight excluding hydrogens is 360 g/mol. The summed E-state index contributed by atoms with van der Waals surface area (Å²) in [6, 6.07) is 0. The Bertz CT molecular complexity index is 473. The van der Waals surface area contributed by atoms with Gasteiger partial charge in [0.2, 0.25) is 0 Å². The maximum atomic E-state index is 11.9. The van der Waals surface area contributed by atoms with Crippen molar-refractivity contribution in [1.82, 2.24) is 0 Å². The molecule has 12 heteroatoms. The molecule has 5 unspecified atom stereocenters. The number of esters is 1. The fourth-order valence-electron chi connectivity index (χ4n) is 2.82. The van der Waals surface area contributed by atoms with Crippen molar-refractivity contribution in [3.8, 4) is 0 Å². The van der Waals surface area contributed by atoms with Gasteiger partial charge in [-0.25, -0.2) is 4.79 Å². The molecule has 2 saturated heterocycles. The van der Waals surface area contributed by atoms with Gasteiger partial charge >= 0.3 is 5.97 Å². The SMILES string of the molecule is COC(=O)C1O[C@@H](O)[C@@H](O)[C@H](O)C1OC1O[C@@H](OC)[C@@H](OC)C(O)C1O. The van der Waals surface area contributed by atoms with Crippen molar-refractivity contribution in [2.45, 2.75) is 61.6 Å². The second-order valence-electron chi connectivity index (χ2n) is 5.84. The molecule has 0 saturated carbocycles. The largest absolute Gasteiger partial charge is 0.467 e. The third-order valence-corrected chi connectivity index (χ3v) is 4.29. The van der Waals surface area contributed by atoms with E-state index in [4.69, 9.17) is 23.7 Å². The van der Waals surface area contributed by atoms with Crippen LogP contribution in [0.5, 0.6) is 0 Å². The highest BCUT2D eigenvalue weighted by Crippen LogP contribution is 2.30. The molecule has 0 aromatic rings. The Morgan fingerprint density at radius 1 is 0.769 bits per heavy atom. The Kier molecular flexibility index (Phi) is 7.27. The minimum atomic E-state index is -1.86. The van der Waals surface area contributed by atoms with E-state index in [0.29, 0.717) is 0 Å². The summed E-state index contributed by atoms with van der Waals surface area (Å²) in [5.41, 5.74) is 0. The molecule has 2 heterocycles. The van der Waals surface area contributed by atoms with Crippen molar-refractivity contribution in [3.63, 3.8) is 0 Å². The van der Waals surface area contributed by atoms with Gasteiger partial charge in [-0.1, -0.05) is 0 Å². The van der Waals surface area contributed by atoms with Crippen LogP contribution in [0.25, 0.3) is 0 Å². The van der Waals surface area contributed by atoms with Gasteiger partial charge in [-0.3, -0.25) is 0 Å². The normalized spacial score (nSPS) is 46.8. The number of methoxy groups -OCH3 is 3. The summed E-state index contributed by atoms with van der Waals surface area (Å²) < 4.78 is 30.2. The summed E-state index contributed by atoms with van der Waals surface area (Å²) in [4.78, 5) is 11.9. The highest BCUT2D eigenvalue weighted by molar-refractivity contribution is 5.75. The number of hydrogen-bond acceptors (Lipinski definition) is 12. The maximum Gasteiger partial charge on any atom is 0.337 e. The first-order valence-corrected chi connectivity index (χ1v) is 7.76. The highest BCUT2D eigenvalue weighted by atomic mass is 16.8. The van der Waals surface area contributed by atoms with E-state index in [-0.39, 0.29) is 0 Å². The van der Waals surface area contributed by atoms with Crippen molar-refractivity contribution < 1.29 is 58.7 Å². The third kappa shape index (κ3) is 3.99. The lowest BCUT2D eigenvalue weighted by Crippen LogP contribution is -2.65.